The van der Waals surface area contributed by atoms with E-state index in [1.807, 2.05) is 0 Å². The van der Waals surface area contributed by atoms with Crippen LogP contribution < -0.4 is 18.9 Å². The Bertz CT molecular complexity index is 865. The largest absolute Gasteiger partial charge is 0.493 e. The van der Waals surface area contributed by atoms with E-state index in [1.54, 1.807) is 12.1 Å². The van der Waals surface area contributed by atoms with Crippen LogP contribution in [0.1, 0.15) is 22.8 Å². The fourth-order valence-electron chi connectivity index (χ4n) is 2.37. The Kier molecular flexibility index (Phi) is 6.23. The standard InChI is InChI=1S/C18H21NO6S/c1-12(20)14-5-7-15(8-6-14)26(21,22)19-11-13-9-16(23-2)18(25-4)17(10-13)24-3/h5-10,19H,11H2,1-4H3. The molecule has 0 aliphatic carbocycles. The topological polar surface area (TPSA) is 90.9 Å². The van der Waals surface area contributed by atoms with E-state index in [2.05, 4.69) is 4.72 Å². The lowest BCUT2D eigenvalue weighted by Crippen LogP contribution is -2.23. The number of hydrogen-bond acceptors (Lipinski definition) is 6. The van der Waals surface area contributed by atoms with Gasteiger partial charge in [0.15, 0.2) is 17.3 Å². The Hall–Kier alpha value is -2.58. The quantitative estimate of drug-likeness (QED) is 0.708. The molecule has 2 aromatic rings. The maximum Gasteiger partial charge on any atom is 0.240 e. The van der Waals surface area contributed by atoms with Crippen LogP contribution >= 0.6 is 0 Å². The first kappa shape index (κ1) is 19.7. The minimum atomic E-state index is -3.73. The highest BCUT2D eigenvalue weighted by Gasteiger charge is 2.17. The zero-order chi connectivity index (χ0) is 19.3. The van der Waals surface area contributed by atoms with Crippen molar-refractivity contribution in [1.29, 1.82) is 0 Å². The van der Waals surface area contributed by atoms with Crippen LogP contribution in [0.2, 0.25) is 0 Å². The van der Waals surface area contributed by atoms with Crippen molar-refractivity contribution in [1.82, 2.24) is 4.72 Å². The fourth-order valence-corrected chi connectivity index (χ4v) is 3.39. The maximum atomic E-state index is 12.4. The molecule has 0 heterocycles. The first-order chi connectivity index (χ1) is 12.3. The molecule has 0 atom stereocenters. The van der Waals surface area contributed by atoms with Crippen molar-refractivity contribution in [2.45, 2.75) is 18.4 Å². The van der Waals surface area contributed by atoms with Crippen LogP contribution in [0.15, 0.2) is 41.3 Å². The number of sulfonamides is 1. The molecule has 1 N–H and O–H groups in total. The van der Waals surface area contributed by atoms with Crippen LogP contribution in [0.4, 0.5) is 0 Å². The van der Waals surface area contributed by atoms with Crippen molar-refractivity contribution in [3.8, 4) is 17.2 Å². The third-order valence-corrected chi connectivity index (χ3v) is 5.18. The van der Waals surface area contributed by atoms with Gasteiger partial charge in [-0.25, -0.2) is 13.1 Å². The molecule has 0 radical (unpaired) electrons. The second-order valence-electron chi connectivity index (χ2n) is 5.44. The number of ether oxygens (including phenoxy) is 3. The third kappa shape index (κ3) is 4.33. The lowest BCUT2D eigenvalue weighted by molar-refractivity contribution is 0.101. The van der Waals surface area contributed by atoms with Gasteiger partial charge in [0.25, 0.3) is 0 Å². The van der Waals surface area contributed by atoms with E-state index in [9.17, 15) is 13.2 Å². The Morgan fingerprint density at radius 2 is 1.50 bits per heavy atom. The average Bonchev–Trinajstić information content (AvgIpc) is 2.65. The summed E-state index contributed by atoms with van der Waals surface area (Å²) in [4.78, 5) is 11.4. The molecule has 0 bridgehead atoms. The van der Waals surface area contributed by atoms with Gasteiger partial charge in [0, 0.05) is 12.1 Å². The van der Waals surface area contributed by atoms with Crippen molar-refractivity contribution >= 4 is 15.8 Å². The predicted molar refractivity (Wildman–Crippen MR) is 96.6 cm³/mol. The third-order valence-electron chi connectivity index (χ3n) is 3.76. The van der Waals surface area contributed by atoms with E-state index in [1.165, 1.54) is 52.5 Å². The van der Waals surface area contributed by atoms with Crippen LogP contribution in [-0.4, -0.2) is 35.5 Å². The van der Waals surface area contributed by atoms with Crippen molar-refractivity contribution in [2.24, 2.45) is 0 Å². The van der Waals surface area contributed by atoms with Crippen molar-refractivity contribution in [2.75, 3.05) is 21.3 Å². The Morgan fingerprint density at radius 3 is 1.92 bits per heavy atom. The van der Waals surface area contributed by atoms with E-state index >= 15 is 0 Å². The van der Waals surface area contributed by atoms with Gasteiger partial charge in [0.05, 0.1) is 26.2 Å². The monoisotopic (exact) mass is 379 g/mol. The smallest absolute Gasteiger partial charge is 0.240 e. The molecule has 8 heteroatoms. The van der Waals surface area contributed by atoms with Crippen LogP contribution in [0.25, 0.3) is 0 Å². The molecular formula is C18H21NO6S. The first-order valence-corrected chi connectivity index (χ1v) is 9.20. The Labute approximate surface area is 152 Å². The fraction of sp³-hybridized carbons (Fsp3) is 0.278. The van der Waals surface area contributed by atoms with Crippen LogP contribution in [-0.2, 0) is 16.6 Å². The summed E-state index contributed by atoms with van der Waals surface area (Å²) in [6.07, 6.45) is 0. The Balaban J connectivity index is 2.22. The molecule has 0 aliphatic rings. The van der Waals surface area contributed by atoms with E-state index in [0.717, 1.165) is 0 Å². The number of benzene rings is 2. The number of rotatable bonds is 8. The summed E-state index contributed by atoms with van der Waals surface area (Å²) in [6.45, 7) is 1.46. The first-order valence-electron chi connectivity index (χ1n) is 7.72. The van der Waals surface area contributed by atoms with Gasteiger partial charge in [-0.05, 0) is 36.8 Å². The second kappa shape index (κ2) is 8.20. The van der Waals surface area contributed by atoms with Gasteiger partial charge >= 0.3 is 0 Å². The van der Waals surface area contributed by atoms with Crippen molar-refractivity contribution in [3.63, 3.8) is 0 Å². The van der Waals surface area contributed by atoms with Crippen LogP contribution in [0.5, 0.6) is 17.2 Å². The molecule has 0 spiro atoms. The highest BCUT2D eigenvalue weighted by molar-refractivity contribution is 7.89. The molecule has 2 rings (SSSR count). The number of Topliss-reactive ketones (excluding diaryl/α,β-unsaturated/α-hetero) is 1. The van der Waals surface area contributed by atoms with Gasteiger partial charge < -0.3 is 14.2 Å². The molecule has 140 valence electrons. The lowest BCUT2D eigenvalue weighted by atomic mass is 10.2. The number of nitrogens with one attached hydrogen (secondary N) is 1. The molecule has 0 saturated carbocycles. The highest BCUT2D eigenvalue weighted by atomic mass is 32.2. The van der Waals surface area contributed by atoms with E-state index in [4.69, 9.17) is 14.2 Å². The molecule has 2 aromatic carbocycles. The summed E-state index contributed by atoms with van der Waals surface area (Å²) in [6, 6.07) is 9.10. The minimum Gasteiger partial charge on any atom is -0.493 e. The highest BCUT2D eigenvalue weighted by Crippen LogP contribution is 2.38. The van der Waals surface area contributed by atoms with Crippen molar-refractivity contribution in [3.05, 3.63) is 47.5 Å². The number of methoxy groups -OCH3 is 3. The lowest BCUT2D eigenvalue weighted by Gasteiger charge is -2.14. The maximum absolute atomic E-state index is 12.4. The molecule has 0 fully saturated rings. The summed E-state index contributed by atoms with van der Waals surface area (Å²) in [5.41, 5.74) is 1.09. The number of hydrogen-bond donors (Lipinski definition) is 1. The molecule has 0 amide bonds. The van der Waals surface area contributed by atoms with Gasteiger partial charge in [-0.15, -0.1) is 0 Å². The molecule has 0 unspecified atom stereocenters. The molecule has 0 aliphatic heterocycles. The summed E-state index contributed by atoms with van der Waals surface area (Å²) >= 11 is 0. The van der Waals surface area contributed by atoms with Crippen LogP contribution in [0.3, 0.4) is 0 Å². The Morgan fingerprint density at radius 1 is 0.962 bits per heavy atom. The summed E-state index contributed by atoms with van der Waals surface area (Å²) < 4.78 is 43.1. The molecule has 7 nitrogen and oxygen atoms in total. The van der Waals surface area contributed by atoms with Crippen LogP contribution in [0, 0.1) is 0 Å². The molecular weight excluding hydrogens is 358 g/mol. The van der Waals surface area contributed by atoms with Gasteiger partial charge in [-0.1, -0.05) is 12.1 Å². The normalized spacial score (nSPS) is 11.1. The second-order valence-corrected chi connectivity index (χ2v) is 7.21. The van der Waals surface area contributed by atoms with Gasteiger partial charge in [0.2, 0.25) is 15.8 Å². The number of carbonyl (C=O) groups excluding carboxylic acids is 1. The van der Waals surface area contributed by atoms with Crippen molar-refractivity contribution < 1.29 is 27.4 Å². The molecule has 0 aromatic heterocycles. The van der Waals surface area contributed by atoms with E-state index in [0.29, 0.717) is 28.4 Å². The minimum absolute atomic E-state index is 0.0352. The zero-order valence-electron chi connectivity index (χ0n) is 15.0. The molecule has 0 saturated heterocycles. The van der Waals surface area contributed by atoms with Gasteiger partial charge in [-0.3, -0.25) is 4.79 Å². The SMILES string of the molecule is COc1cc(CNS(=O)(=O)c2ccc(C(C)=O)cc2)cc(OC)c1OC. The summed E-state index contributed by atoms with van der Waals surface area (Å²) in [5, 5.41) is 0. The number of carbonyl (C=O) groups is 1. The predicted octanol–water partition coefficient (Wildman–Crippen LogP) is 2.39. The molecule has 26 heavy (non-hydrogen) atoms. The van der Waals surface area contributed by atoms with Gasteiger partial charge in [0.1, 0.15) is 0 Å². The van der Waals surface area contributed by atoms with E-state index in [-0.39, 0.29) is 17.2 Å². The van der Waals surface area contributed by atoms with E-state index < -0.39 is 10.0 Å². The average molecular weight is 379 g/mol. The number of ketones is 1. The van der Waals surface area contributed by atoms with Gasteiger partial charge in [-0.2, -0.15) is 0 Å². The summed E-state index contributed by atoms with van der Waals surface area (Å²) in [7, 11) is 0.739. The zero-order valence-corrected chi connectivity index (χ0v) is 15.8. The summed E-state index contributed by atoms with van der Waals surface area (Å²) in [5.74, 6) is 1.18.